The number of nitrogens with zero attached hydrogens (tertiary/aromatic N) is 1. The summed E-state index contributed by atoms with van der Waals surface area (Å²) in [6.45, 7) is 6.39. The fourth-order valence-corrected chi connectivity index (χ4v) is 2.96. The van der Waals surface area contributed by atoms with Crippen LogP contribution in [-0.4, -0.2) is 41.7 Å². The molecule has 6 nitrogen and oxygen atoms in total. The highest BCUT2D eigenvalue weighted by molar-refractivity contribution is 7.92. The molecule has 1 aromatic carbocycles. The number of amides is 3. The average molecular weight is 339 g/mol. The summed E-state index contributed by atoms with van der Waals surface area (Å²) in [5.41, 5.74) is 4.86. The highest BCUT2D eigenvalue weighted by Crippen LogP contribution is 2.16. The van der Waals surface area contributed by atoms with Gasteiger partial charge in [0.05, 0.1) is 0 Å². The highest BCUT2D eigenvalue weighted by Gasteiger charge is 2.07. The third-order valence-electron chi connectivity index (χ3n) is 3.22. The van der Waals surface area contributed by atoms with Crippen LogP contribution in [0.2, 0.25) is 0 Å². The van der Waals surface area contributed by atoms with Gasteiger partial charge in [0.25, 0.3) is 5.91 Å². The van der Waals surface area contributed by atoms with Gasteiger partial charge in [0, 0.05) is 28.8 Å². The van der Waals surface area contributed by atoms with Crippen molar-refractivity contribution in [3.63, 3.8) is 0 Å². The van der Waals surface area contributed by atoms with Crippen molar-refractivity contribution in [3.05, 3.63) is 34.4 Å². The molecule has 0 aliphatic heterocycles. The molecule has 2 N–H and O–H groups in total. The molecule has 0 saturated heterocycles. The molecule has 0 aliphatic carbocycles. The molecule has 0 fully saturated rings. The summed E-state index contributed by atoms with van der Waals surface area (Å²) in [5.74, 6) is -0.597. The van der Waals surface area contributed by atoms with Crippen LogP contribution in [0.15, 0.2) is 16.5 Å². The largest absolute Gasteiger partial charge is 0.338 e. The Morgan fingerprint density at radius 1 is 1.09 bits per heavy atom. The van der Waals surface area contributed by atoms with Crippen LogP contribution in [-0.2, 0) is 20.9 Å². The normalized spacial score (nSPS) is 11.0. The lowest BCUT2D eigenvalue weighted by molar-refractivity contribution is -0.116. The fourth-order valence-electron chi connectivity index (χ4n) is 2.40. The molecule has 0 aliphatic rings. The number of carbonyl (C=O) groups is 2. The van der Waals surface area contributed by atoms with Crippen molar-refractivity contribution in [3.8, 4) is 0 Å². The molecule has 1 rings (SSSR count). The Hall–Kier alpha value is -1.89. The first kappa shape index (κ1) is 19.2. The summed E-state index contributed by atoms with van der Waals surface area (Å²) in [5, 5.41) is 5.11. The summed E-state index contributed by atoms with van der Waals surface area (Å²) in [6, 6.07) is 3.81. The Morgan fingerprint density at radius 2 is 1.65 bits per heavy atom. The smallest absolute Gasteiger partial charge is 0.315 e. The van der Waals surface area contributed by atoms with Crippen molar-refractivity contribution in [1.29, 1.82) is 0 Å². The van der Waals surface area contributed by atoms with E-state index in [2.05, 4.69) is 47.9 Å². The summed E-state index contributed by atoms with van der Waals surface area (Å²) < 4.78 is 14.8. The van der Waals surface area contributed by atoms with E-state index < -0.39 is 21.7 Å². The number of urea groups is 1. The molecule has 0 heterocycles. The minimum atomic E-state index is -2.48. The van der Waals surface area contributed by atoms with Gasteiger partial charge in [-0.1, -0.05) is 17.7 Å². The summed E-state index contributed by atoms with van der Waals surface area (Å²) in [4.78, 5) is 23.0. The lowest BCUT2D eigenvalue weighted by Crippen LogP contribution is -2.39. The quantitative estimate of drug-likeness (QED) is 0.856. The van der Waals surface area contributed by atoms with E-state index in [0.29, 0.717) is 6.54 Å². The molecular weight excluding hydrogens is 314 g/mol. The van der Waals surface area contributed by atoms with Crippen LogP contribution in [0.4, 0.5) is 4.79 Å². The Labute approximate surface area is 138 Å². The monoisotopic (exact) mass is 339 g/mol. The van der Waals surface area contributed by atoms with Crippen LogP contribution in [0.3, 0.4) is 0 Å². The number of aryl methyl sites for hydroxylation is 3. The van der Waals surface area contributed by atoms with Crippen molar-refractivity contribution in [1.82, 2.24) is 10.6 Å². The molecule has 0 spiro atoms. The first-order chi connectivity index (χ1) is 10.6. The van der Waals surface area contributed by atoms with E-state index in [0.717, 1.165) is 6.42 Å². The van der Waals surface area contributed by atoms with E-state index in [1.807, 2.05) is 0 Å². The molecule has 1 aromatic rings. The summed E-state index contributed by atoms with van der Waals surface area (Å²) in [7, 11) is -2.48. The highest BCUT2D eigenvalue weighted by atomic mass is 32.2. The molecule has 0 bridgehead atoms. The molecule has 0 atom stereocenters. The first-order valence-corrected chi connectivity index (χ1v) is 9.70. The van der Waals surface area contributed by atoms with Crippen LogP contribution in [0.25, 0.3) is 0 Å². The lowest BCUT2D eigenvalue weighted by Gasteiger charge is -2.12. The second-order valence-electron chi connectivity index (χ2n) is 5.90. The number of nitrogens with one attached hydrogen (secondary N) is 2. The number of hydrogen-bond acceptors (Lipinski definition) is 3. The molecule has 128 valence electrons. The zero-order valence-electron chi connectivity index (χ0n) is 14.4. The van der Waals surface area contributed by atoms with Crippen LogP contribution in [0, 0.1) is 20.8 Å². The second-order valence-corrected chi connectivity index (χ2v) is 8.45. The number of carbonyl (C=O) groups excluding carboxylic acids is 2. The van der Waals surface area contributed by atoms with Gasteiger partial charge in [-0.15, -0.1) is 0 Å². The second kappa shape index (κ2) is 8.10. The first-order valence-electron chi connectivity index (χ1n) is 7.37. The van der Waals surface area contributed by atoms with Crippen LogP contribution < -0.4 is 10.6 Å². The van der Waals surface area contributed by atoms with E-state index in [9.17, 15) is 13.8 Å². The van der Waals surface area contributed by atoms with Crippen LogP contribution in [0.1, 0.15) is 22.3 Å². The molecule has 3 amide bonds. The van der Waals surface area contributed by atoms with Crippen LogP contribution in [0.5, 0.6) is 0 Å². The van der Waals surface area contributed by atoms with Crippen molar-refractivity contribution >= 4 is 21.7 Å². The van der Waals surface area contributed by atoms with E-state index in [1.165, 1.54) is 34.8 Å². The predicted molar refractivity (Wildman–Crippen MR) is 93.2 cm³/mol. The molecule has 0 radical (unpaired) electrons. The van der Waals surface area contributed by atoms with E-state index in [4.69, 9.17) is 0 Å². The Balaban J connectivity index is 2.44. The van der Waals surface area contributed by atoms with E-state index in [-0.39, 0.29) is 6.54 Å². The van der Waals surface area contributed by atoms with Crippen molar-refractivity contribution in [2.24, 2.45) is 4.36 Å². The molecular formula is C16H25N3O3S. The molecule has 23 heavy (non-hydrogen) atoms. The molecule has 0 unspecified atom stereocenters. The standard InChI is InChI=1S/C16H25N3O3S/c1-11-8-12(2)14(13(3)9-11)6-7-17-16(21)18-10-15(20)19-23(4,5)22/h8-9H,6-7,10H2,1-5H3,(H2,17,18,21). The zero-order valence-corrected chi connectivity index (χ0v) is 15.2. The van der Waals surface area contributed by atoms with Gasteiger partial charge in [-0.25, -0.2) is 9.00 Å². The minimum Gasteiger partial charge on any atom is -0.338 e. The minimum absolute atomic E-state index is 0.257. The Bertz CT molecular complexity index is 688. The Morgan fingerprint density at radius 3 is 2.17 bits per heavy atom. The van der Waals surface area contributed by atoms with Gasteiger partial charge in [-0.2, -0.15) is 4.36 Å². The van der Waals surface area contributed by atoms with Crippen LogP contribution >= 0.6 is 0 Å². The fraction of sp³-hybridized carbons (Fsp3) is 0.500. The molecule has 0 saturated carbocycles. The van der Waals surface area contributed by atoms with Gasteiger partial charge in [0.15, 0.2) is 0 Å². The van der Waals surface area contributed by atoms with Gasteiger partial charge < -0.3 is 10.6 Å². The molecule has 0 aromatic heterocycles. The van der Waals surface area contributed by atoms with Gasteiger partial charge in [-0.05, 0) is 43.9 Å². The zero-order chi connectivity index (χ0) is 17.6. The van der Waals surface area contributed by atoms with Gasteiger partial charge in [0.1, 0.15) is 6.54 Å². The van der Waals surface area contributed by atoms with Gasteiger partial charge in [-0.3, -0.25) is 4.79 Å². The van der Waals surface area contributed by atoms with Gasteiger partial charge >= 0.3 is 6.03 Å². The topological polar surface area (TPSA) is 87.6 Å². The Kier molecular flexibility index (Phi) is 6.75. The summed E-state index contributed by atoms with van der Waals surface area (Å²) >= 11 is 0. The van der Waals surface area contributed by atoms with Crippen molar-refractivity contribution < 1.29 is 13.8 Å². The summed E-state index contributed by atoms with van der Waals surface area (Å²) in [6.07, 6.45) is 3.47. The average Bonchev–Trinajstić information content (AvgIpc) is 2.37. The van der Waals surface area contributed by atoms with E-state index in [1.54, 1.807) is 0 Å². The SMILES string of the molecule is Cc1cc(C)c(CCNC(=O)NCC(=O)N=S(C)(C)=O)c(C)c1. The number of rotatable bonds is 5. The van der Waals surface area contributed by atoms with Crippen molar-refractivity contribution in [2.75, 3.05) is 25.6 Å². The maximum absolute atomic E-state index is 11.6. The third kappa shape index (κ3) is 7.27. The maximum atomic E-state index is 11.6. The maximum Gasteiger partial charge on any atom is 0.315 e. The number of benzene rings is 1. The lowest BCUT2D eigenvalue weighted by atomic mass is 9.97. The van der Waals surface area contributed by atoms with Crippen molar-refractivity contribution in [2.45, 2.75) is 27.2 Å². The predicted octanol–water partition coefficient (Wildman–Crippen LogP) is 1.71. The molecule has 7 heteroatoms. The van der Waals surface area contributed by atoms with E-state index >= 15 is 0 Å². The third-order valence-corrected chi connectivity index (χ3v) is 3.87. The van der Waals surface area contributed by atoms with Gasteiger partial charge in [0.2, 0.25) is 0 Å². The number of hydrogen-bond donors (Lipinski definition) is 2.